The largest absolute Gasteiger partial charge is 0.244 e. The summed E-state index contributed by atoms with van der Waals surface area (Å²) in [6, 6.07) is 25.0. The summed E-state index contributed by atoms with van der Waals surface area (Å²) in [5.41, 5.74) is 6.37. The van der Waals surface area contributed by atoms with Crippen LogP contribution in [0.2, 0.25) is 5.02 Å². The minimum atomic E-state index is -0.319. The first-order chi connectivity index (χ1) is 13.2. The Labute approximate surface area is 162 Å². The van der Waals surface area contributed by atoms with Gasteiger partial charge in [-0.1, -0.05) is 84.4 Å². The summed E-state index contributed by atoms with van der Waals surface area (Å²) in [5, 5.41) is 0.541. The van der Waals surface area contributed by atoms with E-state index in [1.807, 2.05) is 60.7 Å². The summed E-state index contributed by atoms with van der Waals surface area (Å²) >= 11 is 6.46. The Morgan fingerprint density at radius 1 is 0.741 bits per heavy atom. The Bertz CT molecular complexity index is 1170. The molecule has 0 aliphatic heterocycles. The van der Waals surface area contributed by atoms with Crippen molar-refractivity contribution in [1.82, 2.24) is 4.98 Å². The lowest BCUT2D eigenvalue weighted by Gasteiger charge is -2.15. The van der Waals surface area contributed by atoms with Crippen molar-refractivity contribution in [1.29, 1.82) is 0 Å². The van der Waals surface area contributed by atoms with Crippen LogP contribution in [0, 0.1) is 5.82 Å². The summed E-state index contributed by atoms with van der Waals surface area (Å²) in [6.45, 7) is 0. The molecule has 27 heavy (non-hydrogen) atoms. The zero-order chi connectivity index (χ0) is 18.4. The fourth-order valence-corrected chi connectivity index (χ4v) is 4.05. The minimum absolute atomic E-state index is 0.319. The van der Waals surface area contributed by atoms with Crippen molar-refractivity contribution in [2.24, 2.45) is 0 Å². The molecular weight excluding hydrogens is 357 g/mol. The number of hydrogen-bond donors (Lipinski definition) is 0. The monoisotopic (exact) mass is 371 g/mol. The van der Waals surface area contributed by atoms with Crippen LogP contribution < -0.4 is 0 Å². The summed E-state index contributed by atoms with van der Waals surface area (Å²) < 4.78 is 15.8. The first-order valence-electron chi connectivity index (χ1n) is 8.85. The summed E-state index contributed by atoms with van der Waals surface area (Å²) in [5.74, 6) is -0.319. The molecule has 1 aliphatic rings. The molecule has 130 valence electrons. The van der Waals surface area contributed by atoms with Crippen LogP contribution in [-0.4, -0.2) is 4.98 Å². The standard InChI is InChI=1S/C24H15ClFN/c25-20-13-7-6-12-18(20)21-19-14-16-10-4-5-11-17(16)24(19)27-23(22(21)26)15-8-2-1-3-9-15/h1-13H,14H2. The van der Waals surface area contributed by atoms with Gasteiger partial charge in [0.25, 0.3) is 0 Å². The summed E-state index contributed by atoms with van der Waals surface area (Å²) in [4.78, 5) is 4.76. The third-order valence-corrected chi connectivity index (χ3v) is 5.40. The zero-order valence-corrected chi connectivity index (χ0v) is 15.2. The number of pyridine rings is 1. The lowest BCUT2D eigenvalue weighted by Crippen LogP contribution is -2.00. The van der Waals surface area contributed by atoms with E-state index in [1.54, 1.807) is 6.07 Å². The third kappa shape index (κ3) is 2.56. The number of halogens is 2. The Hall–Kier alpha value is -2.97. The van der Waals surface area contributed by atoms with Gasteiger partial charge in [0.2, 0.25) is 0 Å². The highest BCUT2D eigenvalue weighted by atomic mass is 35.5. The van der Waals surface area contributed by atoms with E-state index in [0.29, 0.717) is 28.3 Å². The van der Waals surface area contributed by atoms with Gasteiger partial charge in [0, 0.05) is 33.7 Å². The predicted octanol–water partition coefficient (Wildman–Crippen LogP) is 6.78. The number of benzene rings is 3. The summed E-state index contributed by atoms with van der Waals surface area (Å²) in [7, 11) is 0. The van der Waals surface area contributed by atoms with Gasteiger partial charge in [-0.05, 0) is 17.2 Å². The van der Waals surface area contributed by atoms with Gasteiger partial charge in [-0.15, -0.1) is 0 Å². The second-order valence-electron chi connectivity index (χ2n) is 6.66. The van der Waals surface area contributed by atoms with Crippen LogP contribution in [0.1, 0.15) is 11.1 Å². The molecule has 0 spiro atoms. The molecule has 1 heterocycles. The van der Waals surface area contributed by atoms with Gasteiger partial charge < -0.3 is 0 Å². The third-order valence-electron chi connectivity index (χ3n) is 5.07. The lowest BCUT2D eigenvalue weighted by molar-refractivity contribution is 0.628. The van der Waals surface area contributed by atoms with Gasteiger partial charge in [-0.3, -0.25) is 0 Å². The Morgan fingerprint density at radius 3 is 2.19 bits per heavy atom. The van der Waals surface area contributed by atoms with E-state index in [0.717, 1.165) is 27.9 Å². The molecule has 0 saturated carbocycles. The molecule has 0 bridgehead atoms. The summed E-state index contributed by atoms with van der Waals surface area (Å²) in [6.07, 6.45) is 0.658. The van der Waals surface area contributed by atoms with Gasteiger partial charge in [0.1, 0.15) is 5.69 Å². The fourth-order valence-electron chi connectivity index (χ4n) is 3.82. The molecular formula is C24H15ClFN. The smallest absolute Gasteiger partial charge is 0.157 e. The second kappa shape index (κ2) is 6.33. The average molecular weight is 372 g/mol. The topological polar surface area (TPSA) is 12.9 Å². The first-order valence-corrected chi connectivity index (χ1v) is 9.23. The molecule has 0 radical (unpaired) electrons. The highest BCUT2D eigenvalue weighted by Gasteiger charge is 2.29. The van der Waals surface area contributed by atoms with Crippen LogP contribution >= 0.6 is 11.6 Å². The predicted molar refractivity (Wildman–Crippen MR) is 108 cm³/mol. The van der Waals surface area contributed by atoms with E-state index in [-0.39, 0.29) is 5.82 Å². The molecule has 4 aromatic rings. The quantitative estimate of drug-likeness (QED) is 0.333. The number of hydrogen-bond acceptors (Lipinski definition) is 1. The molecule has 0 amide bonds. The normalized spacial score (nSPS) is 11.9. The number of rotatable bonds is 2. The Morgan fingerprint density at radius 2 is 1.41 bits per heavy atom. The van der Waals surface area contributed by atoms with E-state index in [1.165, 1.54) is 0 Å². The molecule has 3 heteroatoms. The van der Waals surface area contributed by atoms with Crippen LogP contribution in [0.15, 0.2) is 78.9 Å². The molecule has 0 saturated heterocycles. The highest BCUT2D eigenvalue weighted by Crippen LogP contribution is 2.45. The van der Waals surface area contributed by atoms with E-state index < -0.39 is 0 Å². The SMILES string of the molecule is Fc1c(-c2ccccc2)nc2c(c1-c1ccccc1Cl)Cc1ccccc1-2. The van der Waals surface area contributed by atoms with Gasteiger partial charge in [0.15, 0.2) is 5.82 Å². The van der Waals surface area contributed by atoms with Crippen molar-refractivity contribution in [3.8, 4) is 33.6 Å². The molecule has 1 nitrogen and oxygen atoms in total. The molecule has 0 atom stereocenters. The van der Waals surface area contributed by atoms with Crippen molar-refractivity contribution >= 4 is 11.6 Å². The van der Waals surface area contributed by atoms with Crippen LogP contribution in [-0.2, 0) is 6.42 Å². The van der Waals surface area contributed by atoms with Crippen LogP contribution in [0.5, 0.6) is 0 Å². The highest BCUT2D eigenvalue weighted by molar-refractivity contribution is 6.33. The molecule has 0 fully saturated rings. The van der Waals surface area contributed by atoms with Gasteiger partial charge >= 0.3 is 0 Å². The molecule has 3 aromatic carbocycles. The van der Waals surface area contributed by atoms with E-state index in [4.69, 9.17) is 16.6 Å². The van der Waals surface area contributed by atoms with Crippen LogP contribution in [0.25, 0.3) is 33.6 Å². The minimum Gasteiger partial charge on any atom is -0.244 e. The molecule has 5 rings (SSSR count). The van der Waals surface area contributed by atoms with E-state index in [2.05, 4.69) is 12.1 Å². The van der Waals surface area contributed by atoms with Crippen molar-refractivity contribution in [3.05, 3.63) is 101 Å². The van der Waals surface area contributed by atoms with Crippen LogP contribution in [0.4, 0.5) is 4.39 Å². The van der Waals surface area contributed by atoms with Crippen molar-refractivity contribution in [2.75, 3.05) is 0 Å². The van der Waals surface area contributed by atoms with Crippen molar-refractivity contribution < 1.29 is 4.39 Å². The van der Waals surface area contributed by atoms with Crippen molar-refractivity contribution in [2.45, 2.75) is 6.42 Å². The number of fused-ring (bicyclic) bond motifs is 3. The van der Waals surface area contributed by atoms with Crippen LogP contribution in [0.3, 0.4) is 0 Å². The number of nitrogens with zero attached hydrogens (tertiary/aromatic N) is 1. The lowest BCUT2D eigenvalue weighted by atomic mass is 9.95. The maximum atomic E-state index is 15.8. The maximum absolute atomic E-state index is 15.8. The molecule has 1 aromatic heterocycles. The van der Waals surface area contributed by atoms with E-state index in [9.17, 15) is 0 Å². The Balaban J connectivity index is 1.87. The van der Waals surface area contributed by atoms with E-state index >= 15 is 4.39 Å². The first kappa shape index (κ1) is 16.2. The number of aromatic nitrogens is 1. The van der Waals surface area contributed by atoms with Gasteiger partial charge in [-0.2, -0.15) is 0 Å². The maximum Gasteiger partial charge on any atom is 0.157 e. The van der Waals surface area contributed by atoms with Gasteiger partial charge in [-0.25, -0.2) is 9.37 Å². The molecule has 1 aliphatic carbocycles. The molecule has 0 N–H and O–H groups in total. The average Bonchev–Trinajstić information content (AvgIpc) is 3.07. The zero-order valence-electron chi connectivity index (χ0n) is 14.4. The Kier molecular flexibility index (Phi) is 3.80. The van der Waals surface area contributed by atoms with Gasteiger partial charge in [0.05, 0.1) is 5.69 Å². The van der Waals surface area contributed by atoms with Crippen molar-refractivity contribution in [3.63, 3.8) is 0 Å². The second-order valence-corrected chi connectivity index (χ2v) is 7.06. The fraction of sp³-hybridized carbons (Fsp3) is 0.0417. The molecule has 0 unspecified atom stereocenters.